The van der Waals surface area contributed by atoms with Gasteiger partial charge < -0.3 is 9.47 Å². The van der Waals surface area contributed by atoms with Gasteiger partial charge in [-0.3, -0.25) is 0 Å². The maximum Gasteiger partial charge on any atom is 0.327 e. The van der Waals surface area contributed by atoms with Gasteiger partial charge in [-0.2, -0.15) is 29.9 Å². The molecule has 178 valence electrons. The molecule has 5 aromatic rings. The summed E-state index contributed by atoms with van der Waals surface area (Å²) >= 11 is 23.2. The molecule has 12 heteroatoms. The Bertz CT molecular complexity index is 1380. The van der Waals surface area contributed by atoms with E-state index in [1.165, 1.54) is 0 Å². The van der Waals surface area contributed by atoms with Crippen molar-refractivity contribution in [1.82, 2.24) is 29.9 Å². The number of nitrogens with zero attached hydrogens (tertiary/aromatic N) is 6. The van der Waals surface area contributed by atoms with Crippen LogP contribution < -0.4 is 9.47 Å². The molecule has 3 aromatic carbocycles. The van der Waals surface area contributed by atoms with Crippen LogP contribution in [0, 0.1) is 0 Å². The fraction of sp³-hybridized carbons (Fsp3) is 0. The van der Waals surface area contributed by atoms with Gasteiger partial charge in [0, 0.05) is 0 Å². The second kappa shape index (κ2) is 10.6. The number of rotatable bonds is 6. The standard InChI is InChI=1S/C24H12Cl4N6O2/c25-19-29-20(26)32-23(31-19)35-17-8-4-13(5-9-17)15-2-1-3-16(12-15)14-6-10-18(11-7-14)36-24-33-21(27)30-22(28)34-24/h1-12H. The highest BCUT2D eigenvalue weighted by Crippen LogP contribution is 2.30. The van der Waals surface area contributed by atoms with Crippen molar-refractivity contribution in [3.8, 4) is 45.8 Å². The van der Waals surface area contributed by atoms with Gasteiger partial charge in [-0.05, 0) is 99.0 Å². The summed E-state index contributed by atoms with van der Waals surface area (Å²) in [6.07, 6.45) is 0. The molecule has 0 atom stereocenters. The van der Waals surface area contributed by atoms with Crippen LogP contribution in [0.25, 0.3) is 22.3 Å². The molecule has 0 radical (unpaired) electrons. The Hall–Kier alpha value is -3.56. The van der Waals surface area contributed by atoms with Crippen LogP contribution in [0.1, 0.15) is 0 Å². The predicted molar refractivity (Wildman–Crippen MR) is 137 cm³/mol. The third-order valence-electron chi connectivity index (χ3n) is 4.78. The number of halogens is 4. The summed E-state index contributed by atoms with van der Waals surface area (Å²) in [7, 11) is 0. The first kappa shape index (κ1) is 24.1. The van der Waals surface area contributed by atoms with Crippen molar-refractivity contribution in [2.24, 2.45) is 0 Å². The molecule has 0 fully saturated rings. The summed E-state index contributed by atoms with van der Waals surface area (Å²) in [6.45, 7) is 0. The molecule has 0 amide bonds. The highest BCUT2D eigenvalue weighted by Gasteiger charge is 2.09. The summed E-state index contributed by atoms with van der Waals surface area (Å²) < 4.78 is 11.2. The lowest BCUT2D eigenvalue weighted by atomic mass is 9.99. The second-order valence-corrected chi connectivity index (χ2v) is 8.50. The van der Waals surface area contributed by atoms with E-state index in [-0.39, 0.29) is 33.2 Å². The van der Waals surface area contributed by atoms with Gasteiger partial charge in [0.25, 0.3) is 0 Å². The third kappa shape index (κ3) is 5.98. The molecular weight excluding hydrogens is 546 g/mol. The molecule has 0 saturated heterocycles. The van der Waals surface area contributed by atoms with Crippen molar-refractivity contribution < 1.29 is 9.47 Å². The van der Waals surface area contributed by atoms with Crippen molar-refractivity contribution in [2.45, 2.75) is 0 Å². The van der Waals surface area contributed by atoms with E-state index < -0.39 is 0 Å². The molecule has 36 heavy (non-hydrogen) atoms. The van der Waals surface area contributed by atoms with Crippen LogP contribution in [0.2, 0.25) is 21.1 Å². The van der Waals surface area contributed by atoms with Gasteiger partial charge in [-0.1, -0.05) is 42.5 Å². The Kier molecular flexibility index (Phi) is 7.11. The lowest BCUT2D eigenvalue weighted by Gasteiger charge is -2.09. The number of hydrogen-bond donors (Lipinski definition) is 0. The normalized spacial score (nSPS) is 10.8. The van der Waals surface area contributed by atoms with Crippen molar-refractivity contribution in [1.29, 1.82) is 0 Å². The number of ether oxygens (including phenoxy) is 2. The molecule has 0 unspecified atom stereocenters. The van der Waals surface area contributed by atoms with Gasteiger partial charge in [0.1, 0.15) is 11.5 Å². The molecule has 0 aliphatic heterocycles. The van der Waals surface area contributed by atoms with E-state index >= 15 is 0 Å². The van der Waals surface area contributed by atoms with Gasteiger partial charge in [0.05, 0.1) is 0 Å². The van der Waals surface area contributed by atoms with Gasteiger partial charge in [-0.15, -0.1) is 0 Å². The maximum atomic E-state index is 5.79. The van der Waals surface area contributed by atoms with Crippen molar-refractivity contribution in [2.75, 3.05) is 0 Å². The van der Waals surface area contributed by atoms with E-state index in [4.69, 9.17) is 55.9 Å². The lowest BCUT2D eigenvalue weighted by molar-refractivity contribution is 0.439. The van der Waals surface area contributed by atoms with E-state index in [2.05, 4.69) is 36.0 Å². The third-order valence-corrected chi connectivity index (χ3v) is 5.45. The quantitative estimate of drug-likeness (QED) is 0.210. The SMILES string of the molecule is Clc1nc(Cl)nc(Oc2ccc(-c3cccc(-c4ccc(Oc5nc(Cl)nc(Cl)n5)cc4)c3)cc2)n1. The molecule has 2 aromatic heterocycles. The van der Waals surface area contributed by atoms with Gasteiger partial charge >= 0.3 is 12.0 Å². The monoisotopic (exact) mass is 556 g/mol. The maximum absolute atomic E-state index is 5.79. The molecular formula is C24H12Cl4N6O2. The Labute approximate surface area is 224 Å². The molecule has 0 spiro atoms. The summed E-state index contributed by atoms with van der Waals surface area (Å²) in [5.74, 6) is 1.06. The van der Waals surface area contributed by atoms with Gasteiger partial charge in [0.15, 0.2) is 0 Å². The molecule has 8 nitrogen and oxygen atoms in total. The van der Waals surface area contributed by atoms with Crippen LogP contribution in [-0.4, -0.2) is 29.9 Å². The zero-order valence-electron chi connectivity index (χ0n) is 17.9. The van der Waals surface area contributed by atoms with Crippen LogP contribution >= 0.6 is 46.4 Å². The zero-order chi connectivity index (χ0) is 25.1. The average molecular weight is 558 g/mol. The van der Waals surface area contributed by atoms with Crippen LogP contribution in [0.3, 0.4) is 0 Å². The van der Waals surface area contributed by atoms with Crippen LogP contribution in [0.5, 0.6) is 23.5 Å². The lowest BCUT2D eigenvalue weighted by Crippen LogP contribution is -1.95. The van der Waals surface area contributed by atoms with Crippen LogP contribution in [0.4, 0.5) is 0 Å². The zero-order valence-corrected chi connectivity index (χ0v) is 21.0. The van der Waals surface area contributed by atoms with Crippen molar-refractivity contribution in [3.05, 3.63) is 93.9 Å². The second-order valence-electron chi connectivity index (χ2n) is 7.15. The average Bonchev–Trinajstić information content (AvgIpc) is 2.84. The Balaban J connectivity index is 1.31. The summed E-state index contributed by atoms with van der Waals surface area (Å²) in [6, 6.07) is 23.1. The topological polar surface area (TPSA) is 95.8 Å². The molecule has 0 aliphatic rings. The highest BCUT2D eigenvalue weighted by molar-refractivity contribution is 6.31. The largest absolute Gasteiger partial charge is 0.424 e. The van der Waals surface area contributed by atoms with Crippen molar-refractivity contribution in [3.63, 3.8) is 0 Å². The van der Waals surface area contributed by atoms with E-state index in [0.717, 1.165) is 22.3 Å². The van der Waals surface area contributed by atoms with E-state index in [9.17, 15) is 0 Å². The molecule has 0 N–H and O–H groups in total. The summed E-state index contributed by atoms with van der Waals surface area (Å²) in [5.41, 5.74) is 4.05. The highest BCUT2D eigenvalue weighted by atomic mass is 35.5. The fourth-order valence-corrected chi connectivity index (χ4v) is 3.93. The van der Waals surface area contributed by atoms with Crippen molar-refractivity contribution >= 4 is 46.4 Å². The molecule has 0 aliphatic carbocycles. The van der Waals surface area contributed by atoms with E-state index in [0.29, 0.717) is 11.5 Å². The number of aromatic nitrogens is 6. The van der Waals surface area contributed by atoms with Crippen LogP contribution in [-0.2, 0) is 0 Å². The molecule has 5 rings (SSSR count). The number of hydrogen-bond acceptors (Lipinski definition) is 8. The van der Waals surface area contributed by atoms with Gasteiger partial charge in [0.2, 0.25) is 21.1 Å². The Morgan fingerprint density at radius 2 is 0.778 bits per heavy atom. The summed E-state index contributed by atoms with van der Waals surface area (Å²) in [4.78, 5) is 23.0. The minimum Gasteiger partial charge on any atom is -0.424 e. The minimum atomic E-state index is -0.0440. The predicted octanol–water partition coefficient (Wildman–Crippen LogP) is 7.59. The minimum absolute atomic E-state index is 0.0175. The molecule has 2 heterocycles. The first-order valence-corrected chi connectivity index (χ1v) is 11.7. The first-order valence-electron chi connectivity index (χ1n) is 10.2. The van der Waals surface area contributed by atoms with Crippen LogP contribution in [0.15, 0.2) is 72.8 Å². The number of benzene rings is 3. The smallest absolute Gasteiger partial charge is 0.327 e. The molecule has 0 bridgehead atoms. The Morgan fingerprint density at radius 3 is 1.14 bits per heavy atom. The molecule has 0 saturated carbocycles. The first-order chi connectivity index (χ1) is 17.4. The van der Waals surface area contributed by atoms with E-state index in [1.54, 1.807) is 24.3 Å². The summed E-state index contributed by atoms with van der Waals surface area (Å²) in [5, 5.41) is -0.176. The van der Waals surface area contributed by atoms with E-state index in [1.807, 2.05) is 42.5 Å². The van der Waals surface area contributed by atoms with Gasteiger partial charge in [-0.25, -0.2) is 0 Å². The fourth-order valence-electron chi connectivity index (χ4n) is 3.23. The Morgan fingerprint density at radius 1 is 0.417 bits per heavy atom.